The molecule has 2 aromatic carbocycles. The van der Waals surface area contributed by atoms with Gasteiger partial charge in [0.05, 0.1) is 5.52 Å². The molecule has 0 spiro atoms. The van der Waals surface area contributed by atoms with Crippen LogP contribution >= 0.6 is 0 Å². The Balaban J connectivity index is 0.000000847. The molecule has 0 fully saturated rings. The summed E-state index contributed by atoms with van der Waals surface area (Å²) in [7, 11) is 0. The maximum atomic E-state index is 12.9. The molecule has 0 aliphatic heterocycles. The molecule has 0 aliphatic carbocycles. The van der Waals surface area contributed by atoms with Crippen LogP contribution in [0.4, 0.5) is 10.2 Å². The first-order valence-corrected chi connectivity index (χ1v) is 7.42. The van der Waals surface area contributed by atoms with Gasteiger partial charge < -0.3 is 5.32 Å². The molecule has 3 rings (SSSR count). The van der Waals surface area contributed by atoms with Crippen molar-refractivity contribution in [2.24, 2.45) is 0 Å². The second-order valence-electron chi connectivity index (χ2n) is 4.72. The maximum absolute atomic E-state index is 12.9. The van der Waals surface area contributed by atoms with Crippen molar-refractivity contribution >= 4 is 16.7 Å². The monoisotopic (exact) mass is 297 g/mol. The van der Waals surface area contributed by atoms with Crippen molar-refractivity contribution in [2.45, 2.75) is 27.3 Å². The summed E-state index contributed by atoms with van der Waals surface area (Å²) in [4.78, 5) is 8.53. The van der Waals surface area contributed by atoms with E-state index < -0.39 is 0 Å². The fraction of sp³-hybridized carbons (Fsp3) is 0.222. The first-order chi connectivity index (χ1) is 10.7. The van der Waals surface area contributed by atoms with Gasteiger partial charge in [-0.15, -0.1) is 0 Å². The van der Waals surface area contributed by atoms with E-state index in [-0.39, 0.29) is 5.82 Å². The van der Waals surface area contributed by atoms with Crippen LogP contribution in [0.1, 0.15) is 25.0 Å². The summed E-state index contributed by atoms with van der Waals surface area (Å²) in [5.74, 6) is 0.569. The van der Waals surface area contributed by atoms with Gasteiger partial charge in [0.15, 0.2) is 0 Å². The van der Waals surface area contributed by atoms with Gasteiger partial charge in [0.25, 0.3) is 0 Å². The maximum Gasteiger partial charge on any atom is 0.137 e. The van der Waals surface area contributed by atoms with Crippen LogP contribution in [0.3, 0.4) is 0 Å². The summed E-state index contributed by atoms with van der Waals surface area (Å²) in [6, 6.07) is 12.5. The van der Waals surface area contributed by atoms with E-state index in [9.17, 15) is 4.39 Å². The number of benzene rings is 2. The van der Waals surface area contributed by atoms with E-state index >= 15 is 0 Å². The van der Waals surface area contributed by atoms with Crippen LogP contribution < -0.4 is 5.32 Å². The molecule has 1 heterocycles. The van der Waals surface area contributed by atoms with E-state index in [1.807, 2.05) is 32.9 Å². The highest BCUT2D eigenvalue weighted by molar-refractivity contribution is 5.89. The molecule has 0 unspecified atom stereocenters. The second-order valence-corrected chi connectivity index (χ2v) is 4.72. The number of rotatable bonds is 3. The minimum absolute atomic E-state index is 0.225. The van der Waals surface area contributed by atoms with Gasteiger partial charge in [0.2, 0.25) is 0 Å². The minimum Gasteiger partial charge on any atom is -0.365 e. The third-order valence-electron chi connectivity index (χ3n) is 3.16. The van der Waals surface area contributed by atoms with Crippen molar-refractivity contribution in [3.05, 3.63) is 65.7 Å². The summed E-state index contributed by atoms with van der Waals surface area (Å²) in [5.41, 5.74) is 3.08. The van der Waals surface area contributed by atoms with Crippen molar-refractivity contribution in [3.63, 3.8) is 0 Å². The fourth-order valence-corrected chi connectivity index (χ4v) is 2.10. The van der Waals surface area contributed by atoms with Crippen LogP contribution in [0.15, 0.2) is 48.8 Å². The van der Waals surface area contributed by atoms with E-state index in [2.05, 4.69) is 21.4 Å². The van der Waals surface area contributed by atoms with E-state index in [0.717, 1.165) is 27.8 Å². The van der Waals surface area contributed by atoms with Gasteiger partial charge in [0.1, 0.15) is 18.0 Å². The van der Waals surface area contributed by atoms with Crippen LogP contribution in [0.25, 0.3) is 10.9 Å². The standard InChI is InChI=1S/C16H14FN3.C2H6/c1-11-2-7-15-14(8-11)16(20-10-19-15)18-9-12-3-5-13(17)6-4-12;1-2/h2-8,10H,9H2,1H3,(H,18,19,20);1-2H3. The number of halogens is 1. The van der Waals surface area contributed by atoms with E-state index in [1.54, 1.807) is 18.5 Å². The molecule has 3 aromatic rings. The van der Waals surface area contributed by atoms with Crippen molar-refractivity contribution in [1.82, 2.24) is 9.97 Å². The molecule has 0 radical (unpaired) electrons. The largest absolute Gasteiger partial charge is 0.365 e. The Bertz CT molecular complexity index is 739. The SMILES string of the molecule is CC.Cc1ccc2ncnc(NCc3ccc(F)cc3)c2c1. The lowest BCUT2D eigenvalue weighted by molar-refractivity contribution is 0.627. The number of anilines is 1. The van der Waals surface area contributed by atoms with Crippen molar-refractivity contribution in [2.75, 3.05) is 5.32 Å². The number of aryl methyl sites for hydroxylation is 1. The number of nitrogens with one attached hydrogen (secondary N) is 1. The summed E-state index contributed by atoms with van der Waals surface area (Å²) in [5, 5.41) is 4.27. The van der Waals surface area contributed by atoms with E-state index in [1.165, 1.54) is 12.1 Å². The minimum atomic E-state index is -0.225. The van der Waals surface area contributed by atoms with Crippen molar-refractivity contribution in [3.8, 4) is 0 Å². The van der Waals surface area contributed by atoms with Crippen molar-refractivity contribution < 1.29 is 4.39 Å². The van der Waals surface area contributed by atoms with Crippen LogP contribution in [0.5, 0.6) is 0 Å². The molecule has 1 aromatic heterocycles. The van der Waals surface area contributed by atoms with Gasteiger partial charge in [-0.3, -0.25) is 0 Å². The third-order valence-corrected chi connectivity index (χ3v) is 3.16. The quantitative estimate of drug-likeness (QED) is 0.760. The number of fused-ring (bicyclic) bond motifs is 1. The summed E-state index contributed by atoms with van der Waals surface area (Å²) in [6.45, 7) is 6.64. The molecule has 1 N–H and O–H groups in total. The molecule has 0 atom stereocenters. The Morgan fingerprint density at radius 2 is 1.73 bits per heavy atom. The molecule has 0 aliphatic rings. The molecule has 114 valence electrons. The van der Waals surface area contributed by atoms with Crippen LogP contribution in [-0.4, -0.2) is 9.97 Å². The zero-order valence-corrected chi connectivity index (χ0v) is 13.1. The zero-order valence-electron chi connectivity index (χ0n) is 13.1. The highest BCUT2D eigenvalue weighted by Gasteiger charge is 2.03. The predicted octanol–water partition coefficient (Wildman–Crippen LogP) is 4.72. The highest BCUT2D eigenvalue weighted by Crippen LogP contribution is 2.20. The predicted molar refractivity (Wildman–Crippen MR) is 89.3 cm³/mol. The van der Waals surface area contributed by atoms with Crippen LogP contribution in [0, 0.1) is 12.7 Å². The van der Waals surface area contributed by atoms with Gasteiger partial charge in [-0.25, -0.2) is 14.4 Å². The number of hydrogen-bond donors (Lipinski definition) is 1. The lowest BCUT2D eigenvalue weighted by atomic mass is 10.1. The first kappa shape index (κ1) is 15.9. The first-order valence-electron chi connectivity index (χ1n) is 7.42. The Kier molecular flexibility index (Phi) is 5.42. The second kappa shape index (κ2) is 7.50. The zero-order chi connectivity index (χ0) is 15.9. The molecule has 0 saturated carbocycles. The van der Waals surface area contributed by atoms with Gasteiger partial charge in [-0.05, 0) is 36.8 Å². The Morgan fingerprint density at radius 3 is 2.45 bits per heavy atom. The molecule has 0 saturated heterocycles. The molecular weight excluding hydrogens is 277 g/mol. The van der Waals surface area contributed by atoms with Crippen LogP contribution in [-0.2, 0) is 6.54 Å². The average Bonchev–Trinajstić information content (AvgIpc) is 2.56. The molecule has 22 heavy (non-hydrogen) atoms. The normalized spacial score (nSPS) is 10.0. The molecule has 3 nitrogen and oxygen atoms in total. The van der Waals surface area contributed by atoms with Crippen molar-refractivity contribution in [1.29, 1.82) is 0 Å². The Morgan fingerprint density at radius 1 is 1.00 bits per heavy atom. The Labute approximate surface area is 130 Å². The van der Waals surface area contributed by atoms with Crippen LogP contribution in [0.2, 0.25) is 0 Å². The summed E-state index contributed by atoms with van der Waals surface area (Å²) < 4.78 is 12.9. The average molecular weight is 297 g/mol. The fourth-order valence-electron chi connectivity index (χ4n) is 2.10. The topological polar surface area (TPSA) is 37.8 Å². The van der Waals surface area contributed by atoms with Gasteiger partial charge >= 0.3 is 0 Å². The van der Waals surface area contributed by atoms with E-state index in [0.29, 0.717) is 6.54 Å². The van der Waals surface area contributed by atoms with E-state index in [4.69, 9.17) is 0 Å². The molecule has 0 amide bonds. The summed E-state index contributed by atoms with van der Waals surface area (Å²) >= 11 is 0. The number of aromatic nitrogens is 2. The number of hydrogen-bond acceptors (Lipinski definition) is 3. The molecular formula is C18H20FN3. The third kappa shape index (κ3) is 3.79. The highest BCUT2D eigenvalue weighted by atomic mass is 19.1. The molecule has 0 bridgehead atoms. The summed E-state index contributed by atoms with van der Waals surface area (Å²) in [6.07, 6.45) is 1.55. The Hall–Kier alpha value is -2.49. The smallest absolute Gasteiger partial charge is 0.137 e. The molecule has 4 heteroatoms. The van der Waals surface area contributed by atoms with Gasteiger partial charge in [0, 0.05) is 11.9 Å². The van der Waals surface area contributed by atoms with Gasteiger partial charge in [-0.2, -0.15) is 0 Å². The lowest BCUT2D eigenvalue weighted by Crippen LogP contribution is -2.02. The van der Waals surface area contributed by atoms with Gasteiger partial charge in [-0.1, -0.05) is 37.6 Å². The lowest BCUT2D eigenvalue weighted by Gasteiger charge is -2.09. The number of nitrogens with zero attached hydrogens (tertiary/aromatic N) is 2.